The first-order valence-electron chi connectivity index (χ1n) is 11.3. The third-order valence-corrected chi connectivity index (χ3v) is 6.12. The molecule has 0 N–H and O–H groups in total. The monoisotopic (exact) mass is 502 g/mol. The Bertz CT molecular complexity index is 1450. The molecule has 0 bridgehead atoms. The molecule has 0 radical (unpaired) electrons. The molecular formula is C26H20ClFN6O2. The van der Waals surface area contributed by atoms with Gasteiger partial charge in [-0.15, -0.1) is 0 Å². The number of aromatic nitrogens is 3. The highest BCUT2D eigenvalue weighted by Crippen LogP contribution is 2.27. The van der Waals surface area contributed by atoms with Crippen molar-refractivity contribution in [3.05, 3.63) is 77.3 Å². The van der Waals surface area contributed by atoms with Gasteiger partial charge in [0.25, 0.3) is 5.91 Å². The van der Waals surface area contributed by atoms with Crippen molar-refractivity contribution in [2.24, 2.45) is 0 Å². The van der Waals surface area contributed by atoms with Gasteiger partial charge in [-0.05, 0) is 60.7 Å². The SMILES string of the molecule is N#Cc1nc(N2CCN(C(=O)COc3ccc(Cl)cc3)CC2)c2nc(-c3ccc(F)cc3)ccc2n1. The molecule has 36 heavy (non-hydrogen) atoms. The number of ether oxygens (including phenoxy) is 1. The number of hydrogen-bond acceptors (Lipinski definition) is 7. The summed E-state index contributed by atoms with van der Waals surface area (Å²) in [6, 6.07) is 18.5. The zero-order valence-corrected chi connectivity index (χ0v) is 19.8. The number of nitrogens with zero attached hydrogens (tertiary/aromatic N) is 6. The Labute approximate surface area is 211 Å². The largest absolute Gasteiger partial charge is 0.484 e. The van der Waals surface area contributed by atoms with E-state index >= 15 is 0 Å². The van der Waals surface area contributed by atoms with Crippen molar-refractivity contribution in [3.63, 3.8) is 0 Å². The van der Waals surface area contributed by atoms with E-state index in [0.29, 0.717) is 59.5 Å². The first-order chi connectivity index (χ1) is 17.5. The van der Waals surface area contributed by atoms with Gasteiger partial charge in [-0.25, -0.2) is 14.4 Å². The lowest BCUT2D eigenvalue weighted by Crippen LogP contribution is -2.50. The Balaban J connectivity index is 1.33. The average Bonchev–Trinajstić information content (AvgIpc) is 2.92. The summed E-state index contributed by atoms with van der Waals surface area (Å²) in [5.74, 6) is 0.708. The maximum absolute atomic E-state index is 13.4. The number of anilines is 1. The van der Waals surface area contributed by atoms with E-state index in [0.717, 1.165) is 5.56 Å². The van der Waals surface area contributed by atoms with Gasteiger partial charge in [0.2, 0.25) is 5.82 Å². The molecule has 2 aromatic carbocycles. The van der Waals surface area contributed by atoms with E-state index in [1.54, 1.807) is 53.4 Å². The number of carbonyl (C=O) groups is 1. The van der Waals surface area contributed by atoms with Crippen molar-refractivity contribution in [1.82, 2.24) is 19.9 Å². The summed E-state index contributed by atoms with van der Waals surface area (Å²) in [5.41, 5.74) is 2.48. The molecule has 180 valence electrons. The summed E-state index contributed by atoms with van der Waals surface area (Å²) < 4.78 is 18.9. The molecule has 0 saturated carbocycles. The number of piperazine rings is 1. The van der Waals surface area contributed by atoms with Crippen molar-refractivity contribution in [2.45, 2.75) is 0 Å². The maximum Gasteiger partial charge on any atom is 0.260 e. The molecule has 4 aromatic rings. The Morgan fingerprint density at radius 3 is 2.39 bits per heavy atom. The van der Waals surface area contributed by atoms with E-state index in [1.165, 1.54) is 12.1 Å². The highest BCUT2D eigenvalue weighted by atomic mass is 35.5. The molecule has 0 spiro atoms. The number of hydrogen-bond donors (Lipinski definition) is 0. The van der Waals surface area contributed by atoms with Crippen LogP contribution in [0.3, 0.4) is 0 Å². The summed E-state index contributed by atoms with van der Waals surface area (Å²) in [6.07, 6.45) is 0. The van der Waals surface area contributed by atoms with Crippen molar-refractivity contribution < 1.29 is 13.9 Å². The second-order valence-corrected chi connectivity index (χ2v) is 8.60. The zero-order valence-electron chi connectivity index (χ0n) is 19.1. The van der Waals surface area contributed by atoms with Gasteiger partial charge in [0.15, 0.2) is 12.4 Å². The van der Waals surface area contributed by atoms with E-state index in [1.807, 2.05) is 11.0 Å². The highest BCUT2D eigenvalue weighted by Gasteiger charge is 2.25. The van der Waals surface area contributed by atoms with E-state index in [-0.39, 0.29) is 24.2 Å². The summed E-state index contributed by atoms with van der Waals surface area (Å²) in [6.45, 7) is 1.87. The van der Waals surface area contributed by atoms with E-state index in [4.69, 9.17) is 21.3 Å². The third kappa shape index (κ3) is 5.04. The minimum atomic E-state index is -0.326. The van der Waals surface area contributed by atoms with Crippen LogP contribution in [-0.2, 0) is 4.79 Å². The van der Waals surface area contributed by atoms with Crippen molar-refractivity contribution in [1.29, 1.82) is 5.26 Å². The van der Waals surface area contributed by atoms with E-state index in [9.17, 15) is 14.4 Å². The number of halogens is 2. The maximum atomic E-state index is 13.4. The molecule has 5 rings (SSSR count). The molecule has 0 unspecified atom stereocenters. The second kappa shape index (κ2) is 10.1. The van der Waals surface area contributed by atoms with Crippen molar-refractivity contribution in [2.75, 3.05) is 37.7 Å². The van der Waals surface area contributed by atoms with Crippen LogP contribution in [0.25, 0.3) is 22.3 Å². The number of amides is 1. The third-order valence-electron chi connectivity index (χ3n) is 5.87. The molecule has 1 saturated heterocycles. The molecule has 1 aliphatic rings. The lowest BCUT2D eigenvalue weighted by atomic mass is 10.1. The summed E-state index contributed by atoms with van der Waals surface area (Å²) in [5, 5.41) is 10.0. The fraction of sp³-hybridized carbons (Fsp3) is 0.192. The Morgan fingerprint density at radius 1 is 0.972 bits per heavy atom. The summed E-state index contributed by atoms with van der Waals surface area (Å²) in [4.78, 5) is 29.9. The van der Waals surface area contributed by atoms with Crippen molar-refractivity contribution >= 4 is 34.4 Å². The van der Waals surface area contributed by atoms with Crippen LogP contribution in [-0.4, -0.2) is 58.5 Å². The molecule has 2 aromatic heterocycles. The fourth-order valence-corrected chi connectivity index (χ4v) is 4.11. The Hall–Kier alpha value is -4.29. The van der Waals surface area contributed by atoms with Gasteiger partial charge in [-0.2, -0.15) is 10.2 Å². The first kappa shape index (κ1) is 23.5. The van der Waals surface area contributed by atoms with Gasteiger partial charge in [0, 0.05) is 36.8 Å². The van der Waals surface area contributed by atoms with Crippen LogP contribution in [0.5, 0.6) is 5.75 Å². The fourth-order valence-electron chi connectivity index (χ4n) is 3.99. The number of carbonyl (C=O) groups excluding carboxylic acids is 1. The quantitative estimate of drug-likeness (QED) is 0.405. The minimum Gasteiger partial charge on any atom is -0.484 e. The highest BCUT2D eigenvalue weighted by molar-refractivity contribution is 6.30. The van der Waals surface area contributed by atoms with Gasteiger partial charge in [0.05, 0.1) is 11.2 Å². The van der Waals surface area contributed by atoms with Crippen LogP contribution in [0.4, 0.5) is 10.2 Å². The number of nitriles is 1. The van der Waals surface area contributed by atoms with Crippen LogP contribution >= 0.6 is 11.6 Å². The van der Waals surface area contributed by atoms with Gasteiger partial charge in [0.1, 0.15) is 23.2 Å². The predicted octanol–water partition coefficient (Wildman–Crippen LogP) is 4.08. The lowest BCUT2D eigenvalue weighted by Gasteiger charge is -2.35. The van der Waals surface area contributed by atoms with Crippen LogP contribution in [0, 0.1) is 17.1 Å². The molecular weight excluding hydrogens is 483 g/mol. The minimum absolute atomic E-state index is 0.0451. The Kier molecular flexibility index (Phi) is 6.60. The molecule has 10 heteroatoms. The number of pyridine rings is 1. The molecule has 0 atom stereocenters. The predicted molar refractivity (Wildman–Crippen MR) is 133 cm³/mol. The number of benzene rings is 2. The van der Waals surface area contributed by atoms with Gasteiger partial charge >= 0.3 is 0 Å². The normalized spacial score (nSPS) is 13.5. The topological polar surface area (TPSA) is 95.2 Å². The first-order valence-corrected chi connectivity index (χ1v) is 11.6. The molecule has 1 amide bonds. The van der Waals surface area contributed by atoms with E-state index in [2.05, 4.69) is 9.97 Å². The van der Waals surface area contributed by atoms with Crippen LogP contribution < -0.4 is 9.64 Å². The van der Waals surface area contributed by atoms with Gasteiger partial charge < -0.3 is 14.5 Å². The standard InChI is InChI=1S/C26H20ClFN6O2/c27-18-3-7-20(8-4-18)36-16-24(35)33-11-13-34(14-12-33)26-25-22(30-23(15-29)32-26)10-9-21(31-25)17-1-5-19(28)6-2-17/h1-10H,11-14,16H2. The zero-order chi connectivity index (χ0) is 25.1. The molecule has 0 aliphatic carbocycles. The molecule has 1 fully saturated rings. The van der Waals surface area contributed by atoms with Crippen LogP contribution in [0.15, 0.2) is 60.7 Å². The molecule has 8 nitrogen and oxygen atoms in total. The molecule has 1 aliphatic heterocycles. The van der Waals surface area contributed by atoms with Crippen LogP contribution in [0.2, 0.25) is 5.02 Å². The van der Waals surface area contributed by atoms with E-state index < -0.39 is 0 Å². The number of rotatable bonds is 5. The molecule has 3 heterocycles. The Morgan fingerprint density at radius 2 is 1.69 bits per heavy atom. The number of fused-ring (bicyclic) bond motifs is 1. The average molecular weight is 503 g/mol. The summed E-state index contributed by atoms with van der Waals surface area (Å²) >= 11 is 5.88. The van der Waals surface area contributed by atoms with Gasteiger partial charge in [-0.1, -0.05) is 11.6 Å². The second-order valence-electron chi connectivity index (χ2n) is 8.16. The lowest BCUT2D eigenvalue weighted by molar-refractivity contribution is -0.133. The van der Waals surface area contributed by atoms with Crippen molar-refractivity contribution in [3.8, 4) is 23.1 Å². The smallest absolute Gasteiger partial charge is 0.260 e. The van der Waals surface area contributed by atoms with Gasteiger partial charge in [-0.3, -0.25) is 4.79 Å². The van der Waals surface area contributed by atoms with Crippen LogP contribution in [0.1, 0.15) is 5.82 Å². The summed E-state index contributed by atoms with van der Waals surface area (Å²) in [7, 11) is 0.